The summed E-state index contributed by atoms with van der Waals surface area (Å²) in [6, 6.07) is 4.97. The lowest BCUT2D eigenvalue weighted by Crippen LogP contribution is -2.42. The van der Waals surface area contributed by atoms with Gasteiger partial charge in [0.1, 0.15) is 11.9 Å². The molecule has 1 atom stereocenters. The van der Waals surface area contributed by atoms with Crippen LogP contribution in [0.2, 0.25) is 0 Å². The zero-order valence-electron chi connectivity index (χ0n) is 16.4. The Morgan fingerprint density at radius 1 is 1.28 bits per heavy atom. The number of carbonyl (C=O) groups excluding carboxylic acids is 3. The first-order valence-corrected chi connectivity index (χ1v) is 9.49. The van der Waals surface area contributed by atoms with Crippen molar-refractivity contribution in [2.75, 3.05) is 18.4 Å². The Bertz CT molecular complexity index is 927. The van der Waals surface area contributed by atoms with E-state index in [0.717, 1.165) is 24.2 Å². The lowest BCUT2D eigenvalue weighted by Gasteiger charge is -2.22. The molecule has 9 heteroatoms. The maximum absolute atomic E-state index is 14.0. The minimum atomic E-state index is -0.630. The van der Waals surface area contributed by atoms with E-state index in [1.807, 2.05) is 13.1 Å². The molecule has 2 heterocycles. The number of aromatic nitrogens is 2. The van der Waals surface area contributed by atoms with Gasteiger partial charge in [0.2, 0.25) is 11.8 Å². The largest absolute Gasteiger partial charge is 0.352 e. The Morgan fingerprint density at radius 3 is 2.76 bits per heavy atom. The van der Waals surface area contributed by atoms with Gasteiger partial charge in [0.05, 0.1) is 0 Å². The van der Waals surface area contributed by atoms with Crippen molar-refractivity contribution in [3.63, 3.8) is 0 Å². The van der Waals surface area contributed by atoms with Crippen molar-refractivity contribution in [3.8, 4) is 0 Å². The van der Waals surface area contributed by atoms with Crippen LogP contribution in [0.1, 0.15) is 35.8 Å². The van der Waals surface area contributed by atoms with E-state index in [4.69, 9.17) is 0 Å². The van der Waals surface area contributed by atoms with Gasteiger partial charge in [0.15, 0.2) is 0 Å². The Balaban J connectivity index is 1.63. The molecule has 1 fully saturated rings. The number of benzene rings is 1. The Kier molecular flexibility index (Phi) is 6.26. The molecule has 1 aromatic carbocycles. The highest BCUT2D eigenvalue weighted by Gasteiger charge is 2.32. The number of amides is 3. The molecule has 3 rings (SSSR count). The van der Waals surface area contributed by atoms with E-state index in [-0.39, 0.29) is 23.1 Å². The molecule has 0 unspecified atom stereocenters. The quantitative estimate of drug-likeness (QED) is 0.766. The fraction of sp³-hybridized carbons (Fsp3) is 0.400. The summed E-state index contributed by atoms with van der Waals surface area (Å²) in [6.45, 7) is 2.31. The van der Waals surface area contributed by atoms with Crippen LogP contribution in [0.15, 0.2) is 30.5 Å². The summed E-state index contributed by atoms with van der Waals surface area (Å²) in [4.78, 5) is 38.0. The van der Waals surface area contributed by atoms with Gasteiger partial charge < -0.3 is 15.5 Å². The molecule has 1 saturated heterocycles. The Hall–Kier alpha value is -3.23. The Labute approximate surface area is 168 Å². The molecule has 154 valence electrons. The summed E-state index contributed by atoms with van der Waals surface area (Å²) in [6.07, 6.45) is 3.56. The van der Waals surface area contributed by atoms with E-state index < -0.39 is 17.8 Å². The van der Waals surface area contributed by atoms with Gasteiger partial charge in [-0.25, -0.2) is 4.39 Å². The van der Waals surface area contributed by atoms with E-state index in [1.54, 1.807) is 10.9 Å². The zero-order chi connectivity index (χ0) is 21.0. The summed E-state index contributed by atoms with van der Waals surface area (Å²) < 4.78 is 15.7. The third-order valence-corrected chi connectivity index (χ3v) is 4.98. The predicted octanol–water partition coefficient (Wildman–Crippen LogP) is 1.48. The smallest absolute Gasteiger partial charge is 0.251 e. The van der Waals surface area contributed by atoms with Crippen LogP contribution < -0.4 is 10.6 Å². The molecule has 1 aromatic heterocycles. The summed E-state index contributed by atoms with van der Waals surface area (Å²) >= 11 is 0. The van der Waals surface area contributed by atoms with Crippen LogP contribution >= 0.6 is 0 Å². The van der Waals surface area contributed by atoms with E-state index in [0.29, 0.717) is 25.9 Å². The first kappa shape index (κ1) is 20.5. The fourth-order valence-electron chi connectivity index (χ4n) is 3.49. The van der Waals surface area contributed by atoms with Gasteiger partial charge in [0.25, 0.3) is 5.91 Å². The molecule has 8 nitrogen and oxygen atoms in total. The first-order chi connectivity index (χ1) is 13.8. The maximum atomic E-state index is 14.0. The zero-order valence-corrected chi connectivity index (χ0v) is 16.4. The van der Waals surface area contributed by atoms with Crippen LogP contribution in [0.5, 0.6) is 0 Å². The van der Waals surface area contributed by atoms with Crippen molar-refractivity contribution < 1.29 is 18.8 Å². The van der Waals surface area contributed by atoms with E-state index in [1.165, 1.54) is 17.9 Å². The number of halogens is 1. The van der Waals surface area contributed by atoms with Gasteiger partial charge in [-0.15, -0.1) is 0 Å². The fourth-order valence-corrected chi connectivity index (χ4v) is 3.49. The third kappa shape index (κ3) is 4.98. The van der Waals surface area contributed by atoms with Gasteiger partial charge in [-0.3, -0.25) is 19.1 Å². The maximum Gasteiger partial charge on any atom is 0.251 e. The van der Waals surface area contributed by atoms with E-state index in [9.17, 15) is 18.8 Å². The molecule has 0 spiro atoms. The van der Waals surface area contributed by atoms with E-state index >= 15 is 0 Å². The van der Waals surface area contributed by atoms with E-state index in [2.05, 4.69) is 15.7 Å². The molecule has 2 N–H and O–H groups in total. The van der Waals surface area contributed by atoms with Crippen LogP contribution in [0, 0.1) is 5.82 Å². The van der Waals surface area contributed by atoms with Gasteiger partial charge in [-0.2, -0.15) is 5.10 Å². The highest BCUT2D eigenvalue weighted by molar-refractivity contribution is 5.99. The number of aryl methyl sites for hydroxylation is 1. The SMILES string of the molecule is CC(=O)N1CCC[C@H]1C(=O)Nc1cc(F)cc(C(=O)NCCc2ccnn2C)c1. The molecule has 0 saturated carbocycles. The standard InChI is InChI=1S/C20H24FN5O3/c1-13(27)26-9-3-4-18(26)20(29)24-16-11-14(10-15(21)12-16)19(28)22-7-5-17-6-8-23-25(17)2/h6,8,10-12,18H,3-5,7,9H2,1-2H3,(H,22,28)(H,24,29)/t18-/m0/s1. The van der Waals surface area contributed by atoms with Crippen LogP contribution in [-0.2, 0) is 23.1 Å². The van der Waals surface area contributed by atoms with Crippen molar-refractivity contribution in [2.24, 2.45) is 7.05 Å². The summed E-state index contributed by atoms with van der Waals surface area (Å²) in [7, 11) is 1.82. The number of carbonyl (C=O) groups is 3. The van der Waals surface area contributed by atoms with Gasteiger partial charge in [-0.1, -0.05) is 0 Å². The molecule has 0 radical (unpaired) electrons. The Morgan fingerprint density at radius 2 is 2.07 bits per heavy atom. The number of anilines is 1. The second-order valence-electron chi connectivity index (χ2n) is 7.04. The predicted molar refractivity (Wildman–Crippen MR) is 105 cm³/mol. The minimum absolute atomic E-state index is 0.111. The molecule has 0 bridgehead atoms. The van der Waals surface area contributed by atoms with Crippen LogP contribution in [-0.4, -0.2) is 51.5 Å². The first-order valence-electron chi connectivity index (χ1n) is 9.49. The highest BCUT2D eigenvalue weighted by Crippen LogP contribution is 2.20. The molecule has 29 heavy (non-hydrogen) atoms. The number of likely N-dealkylation sites (tertiary alicyclic amines) is 1. The summed E-state index contributed by atoms with van der Waals surface area (Å²) in [5.41, 5.74) is 1.26. The number of nitrogens with zero attached hydrogens (tertiary/aromatic N) is 3. The van der Waals surface area contributed by atoms with Crippen LogP contribution in [0.3, 0.4) is 0 Å². The molecule has 2 aromatic rings. The normalized spacial score (nSPS) is 16.0. The summed E-state index contributed by atoms with van der Waals surface area (Å²) in [5.74, 6) is -1.62. The van der Waals surface area contributed by atoms with Crippen molar-refractivity contribution in [1.29, 1.82) is 0 Å². The highest BCUT2D eigenvalue weighted by atomic mass is 19.1. The van der Waals surface area contributed by atoms with Gasteiger partial charge in [-0.05, 0) is 37.1 Å². The van der Waals surface area contributed by atoms with Gasteiger partial charge >= 0.3 is 0 Å². The van der Waals surface area contributed by atoms with Crippen LogP contribution in [0.4, 0.5) is 10.1 Å². The third-order valence-electron chi connectivity index (χ3n) is 4.98. The molecule has 3 amide bonds. The number of nitrogens with one attached hydrogen (secondary N) is 2. The topological polar surface area (TPSA) is 96.3 Å². The molecular weight excluding hydrogens is 377 g/mol. The molecular formula is C20H24FN5O3. The lowest BCUT2D eigenvalue weighted by atomic mass is 10.1. The van der Waals surface area contributed by atoms with Crippen molar-refractivity contribution in [1.82, 2.24) is 20.0 Å². The van der Waals surface area contributed by atoms with Crippen LogP contribution in [0.25, 0.3) is 0 Å². The van der Waals surface area contributed by atoms with Crippen molar-refractivity contribution >= 4 is 23.4 Å². The second kappa shape index (κ2) is 8.85. The molecule has 0 aliphatic carbocycles. The molecule has 1 aliphatic heterocycles. The lowest BCUT2D eigenvalue weighted by molar-refractivity contribution is -0.134. The average Bonchev–Trinajstić information content (AvgIpc) is 3.30. The van der Waals surface area contributed by atoms with Gasteiger partial charge in [0, 0.05) is 56.6 Å². The number of hydrogen-bond donors (Lipinski definition) is 2. The van der Waals surface area contributed by atoms with Crippen molar-refractivity contribution in [3.05, 3.63) is 47.5 Å². The monoisotopic (exact) mass is 401 g/mol. The minimum Gasteiger partial charge on any atom is -0.352 e. The molecule has 1 aliphatic rings. The second-order valence-corrected chi connectivity index (χ2v) is 7.04. The summed E-state index contributed by atoms with van der Waals surface area (Å²) in [5, 5.41) is 9.43. The van der Waals surface area contributed by atoms with Crippen molar-refractivity contribution in [2.45, 2.75) is 32.2 Å². The average molecular weight is 401 g/mol. The number of rotatable bonds is 6. The number of hydrogen-bond acceptors (Lipinski definition) is 4.